The topological polar surface area (TPSA) is 87.2 Å². The van der Waals surface area contributed by atoms with Crippen LogP contribution in [0.2, 0.25) is 0 Å². The highest BCUT2D eigenvalue weighted by Crippen LogP contribution is 2.23. The molecule has 0 radical (unpaired) electrons. The second-order valence-electron chi connectivity index (χ2n) is 7.68. The third kappa shape index (κ3) is 5.31. The molecular formula is C16H29N3O5S. The van der Waals surface area contributed by atoms with Crippen LogP contribution in [-0.4, -0.2) is 85.1 Å². The molecule has 0 aromatic rings. The monoisotopic (exact) mass is 375 g/mol. The molecule has 144 valence electrons. The molecule has 0 aromatic carbocycles. The smallest absolute Gasteiger partial charge is 0.410 e. The number of hydrogen-bond donors (Lipinski definition) is 0. The van der Waals surface area contributed by atoms with E-state index in [0.29, 0.717) is 52.0 Å². The van der Waals surface area contributed by atoms with Gasteiger partial charge in [-0.05, 0) is 40.0 Å². The van der Waals surface area contributed by atoms with Crippen LogP contribution in [0.5, 0.6) is 0 Å². The van der Waals surface area contributed by atoms with Gasteiger partial charge in [-0.25, -0.2) is 13.2 Å². The highest BCUT2D eigenvalue weighted by atomic mass is 32.2. The first-order valence-corrected chi connectivity index (χ1v) is 10.6. The minimum atomic E-state index is -3.39. The Hall–Kier alpha value is -1.35. The van der Waals surface area contributed by atoms with Crippen LogP contribution in [-0.2, 0) is 19.6 Å². The number of rotatable bonds is 2. The minimum Gasteiger partial charge on any atom is -0.444 e. The summed E-state index contributed by atoms with van der Waals surface area (Å²) in [6, 6.07) is -0.608. The molecular weight excluding hydrogens is 346 g/mol. The summed E-state index contributed by atoms with van der Waals surface area (Å²) in [5, 5.41) is 0. The van der Waals surface area contributed by atoms with E-state index in [-0.39, 0.29) is 12.0 Å². The number of ether oxygens (including phenoxy) is 1. The quantitative estimate of drug-likeness (QED) is 0.715. The van der Waals surface area contributed by atoms with Gasteiger partial charge < -0.3 is 14.5 Å². The number of amides is 2. The Bertz CT molecular complexity index is 614. The Morgan fingerprint density at radius 3 is 2.16 bits per heavy atom. The molecule has 2 amide bonds. The highest BCUT2D eigenvalue weighted by Gasteiger charge is 2.39. The van der Waals surface area contributed by atoms with Gasteiger partial charge in [-0.3, -0.25) is 4.79 Å². The molecule has 0 saturated carbocycles. The van der Waals surface area contributed by atoms with E-state index >= 15 is 0 Å². The molecule has 0 aromatic heterocycles. The zero-order chi connectivity index (χ0) is 18.8. The maximum absolute atomic E-state index is 12.8. The van der Waals surface area contributed by atoms with Gasteiger partial charge in [0.05, 0.1) is 6.26 Å². The van der Waals surface area contributed by atoms with Crippen LogP contribution in [0.25, 0.3) is 0 Å². The summed E-state index contributed by atoms with van der Waals surface area (Å²) in [4.78, 5) is 28.3. The molecule has 2 saturated heterocycles. The van der Waals surface area contributed by atoms with Gasteiger partial charge >= 0.3 is 6.09 Å². The first kappa shape index (κ1) is 20.0. The van der Waals surface area contributed by atoms with Crippen molar-refractivity contribution in [3.8, 4) is 0 Å². The molecule has 0 aliphatic carbocycles. The number of carbonyl (C=O) groups excluding carboxylic acids is 2. The van der Waals surface area contributed by atoms with E-state index in [0.717, 1.165) is 6.26 Å². The van der Waals surface area contributed by atoms with Gasteiger partial charge in [0, 0.05) is 32.7 Å². The maximum Gasteiger partial charge on any atom is 0.410 e. The lowest BCUT2D eigenvalue weighted by Crippen LogP contribution is -2.48. The van der Waals surface area contributed by atoms with Crippen molar-refractivity contribution in [1.82, 2.24) is 14.1 Å². The Morgan fingerprint density at radius 2 is 1.56 bits per heavy atom. The van der Waals surface area contributed by atoms with E-state index in [4.69, 9.17) is 4.74 Å². The lowest BCUT2D eigenvalue weighted by Gasteiger charge is -2.29. The lowest BCUT2D eigenvalue weighted by atomic mass is 10.2. The summed E-state index contributed by atoms with van der Waals surface area (Å²) in [5.41, 5.74) is -0.557. The number of carbonyl (C=O) groups is 2. The fourth-order valence-electron chi connectivity index (χ4n) is 3.24. The van der Waals surface area contributed by atoms with E-state index in [2.05, 4.69) is 0 Å². The molecule has 2 fully saturated rings. The van der Waals surface area contributed by atoms with Crippen LogP contribution in [0.3, 0.4) is 0 Å². The van der Waals surface area contributed by atoms with Gasteiger partial charge in [0.25, 0.3) is 0 Å². The first-order valence-electron chi connectivity index (χ1n) is 8.72. The number of hydrogen-bond acceptors (Lipinski definition) is 5. The Kier molecular flexibility index (Phi) is 5.98. The summed E-state index contributed by atoms with van der Waals surface area (Å²) < 4.78 is 30.4. The molecule has 1 unspecified atom stereocenters. The van der Waals surface area contributed by atoms with Crippen molar-refractivity contribution in [3.63, 3.8) is 0 Å². The van der Waals surface area contributed by atoms with Gasteiger partial charge in [0.1, 0.15) is 11.6 Å². The van der Waals surface area contributed by atoms with Crippen LogP contribution >= 0.6 is 0 Å². The SMILES string of the molecule is CC(C)(C)OC(=O)N1CCCN(C(=O)C2CCCN2S(C)(=O)=O)CC1. The summed E-state index contributed by atoms with van der Waals surface area (Å²) >= 11 is 0. The van der Waals surface area contributed by atoms with Crippen molar-refractivity contribution >= 4 is 22.0 Å². The Morgan fingerprint density at radius 1 is 0.960 bits per heavy atom. The van der Waals surface area contributed by atoms with Gasteiger partial charge in [-0.15, -0.1) is 0 Å². The molecule has 25 heavy (non-hydrogen) atoms. The third-order valence-electron chi connectivity index (χ3n) is 4.37. The van der Waals surface area contributed by atoms with Gasteiger partial charge in [0.15, 0.2) is 0 Å². The van der Waals surface area contributed by atoms with E-state index in [1.807, 2.05) is 20.8 Å². The number of sulfonamides is 1. The largest absolute Gasteiger partial charge is 0.444 e. The zero-order valence-electron chi connectivity index (χ0n) is 15.5. The van der Waals surface area contributed by atoms with Crippen LogP contribution in [0, 0.1) is 0 Å². The zero-order valence-corrected chi connectivity index (χ0v) is 16.3. The summed E-state index contributed by atoms with van der Waals surface area (Å²) in [5.74, 6) is -0.158. The van der Waals surface area contributed by atoms with Gasteiger partial charge in [-0.2, -0.15) is 4.31 Å². The predicted molar refractivity (Wildman–Crippen MR) is 93.6 cm³/mol. The summed E-state index contributed by atoms with van der Waals surface area (Å²) in [6.45, 7) is 7.69. The summed E-state index contributed by atoms with van der Waals surface area (Å²) in [6.07, 6.45) is 2.67. The first-order chi connectivity index (χ1) is 11.5. The molecule has 2 rings (SSSR count). The third-order valence-corrected chi connectivity index (χ3v) is 5.66. The molecule has 2 aliphatic heterocycles. The molecule has 2 heterocycles. The highest BCUT2D eigenvalue weighted by molar-refractivity contribution is 7.88. The van der Waals surface area contributed by atoms with E-state index in [1.165, 1.54) is 4.31 Å². The summed E-state index contributed by atoms with van der Waals surface area (Å²) in [7, 11) is -3.39. The Balaban J connectivity index is 1.98. The average Bonchev–Trinajstić information content (AvgIpc) is 2.83. The van der Waals surface area contributed by atoms with Crippen LogP contribution in [0.15, 0.2) is 0 Å². The van der Waals surface area contributed by atoms with E-state index in [9.17, 15) is 18.0 Å². The van der Waals surface area contributed by atoms with Crippen LogP contribution in [0.1, 0.15) is 40.0 Å². The van der Waals surface area contributed by atoms with Crippen LogP contribution < -0.4 is 0 Å². The molecule has 2 aliphatic rings. The predicted octanol–water partition coefficient (Wildman–Crippen LogP) is 0.880. The minimum absolute atomic E-state index is 0.158. The average molecular weight is 375 g/mol. The van der Waals surface area contributed by atoms with Crippen molar-refractivity contribution in [2.75, 3.05) is 39.0 Å². The second kappa shape index (κ2) is 7.49. The van der Waals surface area contributed by atoms with Crippen molar-refractivity contribution in [3.05, 3.63) is 0 Å². The van der Waals surface area contributed by atoms with E-state index < -0.39 is 21.7 Å². The number of nitrogens with zero attached hydrogens (tertiary/aromatic N) is 3. The molecule has 1 atom stereocenters. The van der Waals surface area contributed by atoms with Gasteiger partial charge in [0.2, 0.25) is 15.9 Å². The fraction of sp³-hybridized carbons (Fsp3) is 0.875. The second-order valence-corrected chi connectivity index (χ2v) is 9.61. The molecule has 0 bridgehead atoms. The molecule has 0 N–H and O–H groups in total. The Labute approximate surface area is 150 Å². The molecule has 0 spiro atoms. The molecule has 8 nitrogen and oxygen atoms in total. The lowest BCUT2D eigenvalue weighted by molar-refractivity contribution is -0.134. The van der Waals surface area contributed by atoms with Crippen molar-refractivity contribution in [2.24, 2.45) is 0 Å². The van der Waals surface area contributed by atoms with Crippen LogP contribution in [0.4, 0.5) is 4.79 Å². The van der Waals surface area contributed by atoms with Crippen molar-refractivity contribution in [2.45, 2.75) is 51.7 Å². The van der Waals surface area contributed by atoms with Gasteiger partial charge in [-0.1, -0.05) is 0 Å². The van der Waals surface area contributed by atoms with Crippen molar-refractivity contribution < 1.29 is 22.7 Å². The normalized spacial score (nSPS) is 23.4. The fourth-order valence-corrected chi connectivity index (χ4v) is 4.36. The van der Waals surface area contributed by atoms with Crippen molar-refractivity contribution in [1.29, 1.82) is 0 Å². The van der Waals surface area contributed by atoms with E-state index in [1.54, 1.807) is 9.80 Å². The maximum atomic E-state index is 12.8. The molecule has 9 heteroatoms. The standard InChI is InChI=1S/C16H29N3O5S/c1-16(2,3)24-15(21)18-9-6-8-17(11-12-18)14(20)13-7-5-10-19(13)25(4,22)23/h13H,5-12H2,1-4H3.